The molecule has 3 rings (SSSR count). The van der Waals surface area contributed by atoms with Crippen LogP contribution in [0.3, 0.4) is 0 Å². The minimum Gasteiger partial charge on any atom is -0.479 e. The largest absolute Gasteiger partial charge is 0.479 e. The van der Waals surface area contributed by atoms with Crippen LogP contribution in [0.1, 0.15) is 41.4 Å². The smallest absolute Gasteiger partial charge is 0.339 e. The van der Waals surface area contributed by atoms with Gasteiger partial charge in [-0.05, 0) is 42.5 Å². The molecule has 11 heteroatoms. The second-order valence-electron chi connectivity index (χ2n) is 6.95. The Labute approximate surface area is 194 Å². The summed E-state index contributed by atoms with van der Waals surface area (Å²) in [4.78, 5) is 49.2. The van der Waals surface area contributed by atoms with E-state index in [9.17, 15) is 19.2 Å². The zero-order valence-electron chi connectivity index (χ0n) is 18.9. The molecule has 0 saturated heterocycles. The molecule has 34 heavy (non-hydrogen) atoms. The molecule has 0 fully saturated rings. The fraction of sp³-hybridized carbons (Fsp3) is 0.174. The van der Waals surface area contributed by atoms with E-state index in [0.717, 1.165) is 0 Å². The van der Waals surface area contributed by atoms with Crippen LogP contribution in [0.2, 0.25) is 0 Å². The Hall–Kier alpha value is -4.67. The van der Waals surface area contributed by atoms with Gasteiger partial charge in [-0.15, -0.1) is 5.10 Å². The van der Waals surface area contributed by atoms with E-state index in [0.29, 0.717) is 5.69 Å². The summed E-state index contributed by atoms with van der Waals surface area (Å²) in [6.07, 6.45) is 1.53. The number of hydrogen-bond donors (Lipinski definition) is 2. The van der Waals surface area contributed by atoms with Crippen LogP contribution in [-0.2, 0) is 16.5 Å². The highest BCUT2D eigenvalue weighted by Crippen LogP contribution is 2.22. The maximum Gasteiger partial charge on any atom is 0.339 e. The van der Waals surface area contributed by atoms with Gasteiger partial charge in [0, 0.05) is 24.5 Å². The van der Waals surface area contributed by atoms with Gasteiger partial charge in [0.1, 0.15) is 5.56 Å². The van der Waals surface area contributed by atoms with Crippen LogP contribution in [-0.4, -0.2) is 54.9 Å². The maximum absolute atomic E-state index is 12.8. The van der Waals surface area contributed by atoms with Gasteiger partial charge in [-0.25, -0.2) is 9.59 Å². The van der Waals surface area contributed by atoms with Crippen LogP contribution in [0.25, 0.3) is 0 Å². The number of methoxy groups -OCH3 is 3. The molecule has 3 aromatic rings. The maximum atomic E-state index is 12.8. The summed E-state index contributed by atoms with van der Waals surface area (Å²) in [5, 5.41) is 9.34. The second-order valence-corrected chi connectivity index (χ2v) is 6.95. The number of amides is 2. The predicted molar refractivity (Wildman–Crippen MR) is 121 cm³/mol. The molecule has 0 unspecified atom stereocenters. The Morgan fingerprint density at radius 3 is 2.06 bits per heavy atom. The minimum absolute atomic E-state index is 0.0674. The third-order valence-corrected chi connectivity index (χ3v) is 4.73. The lowest BCUT2D eigenvalue weighted by atomic mass is 10.1. The standard InChI is InChI=1S/C23H22N4O7/c1-27-12-17(21(26-27)32-2)20(29)24-15-8-5-13(6-9-15)19(28)25-18-11-14(22(30)33-3)7-10-16(18)23(31)34-4/h5-12H,1-4H3,(H,24,29)(H,25,28). The van der Waals surface area contributed by atoms with E-state index >= 15 is 0 Å². The molecule has 0 aliphatic heterocycles. The van der Waals surface area contributed by atoms with Crippen LogP contribution < -0.4 is 15.4 Å². The van der Waals surface area contributed by atoms with Gasteiger partial charge in [-0.3, -0.25) is 14.3 Å². The minimum atomic E-state index is -0.685. The monoisotopic (exact) mass is 466 g/mol. The number of nitrogens with zero attached hydrogens (tertiary/aromatic N) is 2. The molecule has 2 N–H and O–H groups in total. The van der Waals surface area contributed by atoms with Crippen LogP contribution in [0.4, 0.5) is 11.4 Å². The molecule has 0 aliphatic carbocycles. The first kappa shape index (κ1) is 24.0. The highest BCUT2D eigenvalue weighted by atomic mass is 16.5. The van der Waals surface area contributed by atoms with Crippen molar-refractivity contribution in [1.29, 1.82) is 0 Å². The quantitative estimate of drug-likeness (QED) is 0.507. The molecule has 0 saturated carbocycles. The van der Waals surface area contributed by atoms with Crippen molar-refractivity contribution in [2.75, 3.05) is 32.0 Å². The lowest BCUT2D eigenvalue weighted by Crippen LogP contribution is -2.17. The molecule has 176 valence electrons. The van der Waals surface area contributed by atoms with E-state index in [4.69, 9.17) is 9.47 Å². The number of benzene rings is 2. The van der Waals surface area contributed by atoms with Crippen LogP contribution in [0.5, 0.6) is 5.88 Å². The van der Waals surface area contributed by atoms with Crippen LogP contribution in [0, 0.1) is 0 Å². The number of anilines is 2. The van der Waals surface area contributed by atoms with Crippen molar-refractivity contribution in [2.45, 2.75) is 0 Å². The summed E-state index contributed by atoms with van der Waals surface area (Å²) in [6, 6.07) is 10.2. The number of nitrogens with one attached hydrogen (secondary N) is 2. The summed E-state index contributed by atoms with van der Waals surface area (Å²) in [7, 11) is 5.51. The normalized spacial score (nSPS) is 10.2. The summed E-state index contributed by atoms with van der Waals surface area (Å²) in [6.45, 7) is 0. The Morgan fingerprint density at radius 1 is 0.794 bits per heavy atom. The van der Waals surface area contributed by atoms with Crippen molar-refractivity contribution < 1.29 is 33.4 Å². The summed E-state index contributed by atoms with van der Waals surface area (Å²) in [5.41, 5.74) is 1.24. The van der Waals surface area contributed by atoms with E-state index in [2.05, 4.69) is 20.5 Å². The zero-order valence-corrected chi connectivity index (χ0v) is 18.9. The first-order valence-electron chi connectivity index (χ1n) is 9.88. The first-order chi connectivity index (χ1) is 16.3. The van der Waals surface area contributed by atoms with Gasteiger partial charge in [0.25, 0.3) is 11.8 Å². The fourth-order valence-electron chi connectivity index (χ4n) is 3.05. The lowest BCUT2D eigenvalue weighted by molar-refractivity contribution is 0.0587. The van der Waals surface area contributed by atoms with Gasteiger partial charge in [0.2, 0.25) is 5.88 Å². The molecule has 0 bridgehead atoms. The molecule has 0 aliphatic rings. The number of hydrogen-bond acceptors (Lipinski definition) is 8. The molecule has 11 nitrogen and oxygen atoms in total. The number of carbonyl (C=O) groups excluding carboxylic acids is 4. The van der Waals surface area contributed by atoms with Crippen molar-refractivity contribution in [1.82, 2.24) is 9.78 Å². The topological polar surface area (TPSA) is 138 Å². The van der Waals surface area contributed by atoms with Crippen molar-refractivity contribution in [2.24, 2.45) is 7.05 Å². The summed E-state index contributed by atoms with van der Waals surface area (Å²) in [5.74, 6) is -2.09. The Bertz CT molecular complexity index is 1250. The molecular weight excluding hydrogens is 444 g/mol. The molecule has 2 amide bonds. The van der Waals surface area contributed by atoms with E-state index in [1.807, 2.05) is 0 Å². The van der Waals surface area contributed by atoms with Gasteiger partial charge >= 0.3 is 11.9 Å². The van der Waals surface area contributed by atoms with Gasteiger partial charge in [0.05, 0.1) is 38.1 Å². The van der Waals surface area contributed by atoms with E-state index in [-0.39, 0.29) is 33.8 Å². The first-order valence-corrected chi connectivity index (χ1v) is 9.88. The van der Waals surface area contributed by atoms with Gasteiger partial charge in [0.15, 0.2) is 0 Å². The molecule has 0 spiro atoms. The number of rotatable bonds is 7. The highest BCUT2D eigenvalue weighted by molar-refractivity contribution is 6.09. The fourth-order valence-corrected chi connectivity index (χ4v) is 3.05. The zero-order chi connectivity index (χ0) is 24.8. The Morgan fingerprint density at radius 2 is 1.44 bits per heavy atom. The van der Waals surface area contributed by atoms with Crippen molar-refractivity contribution in [3.8, 4) is 5.88 Å². The number of ether oxygens (including phenoxy) is 3. The number of aromatic nitrogens is 2. The average molecular weight is 466 g/mol. The van der Waals surface area contributed by atoms with E-state index in [1.165, 1.54) is 62.5 Å². The molecule has 0 atom stereocenters. The lowest BCUT2D eigenvalue weighted by Gasteiger charge is -2.12. The van der Waals surface area contributed by atoms with Crippen LogP contribution in [0.15, 0.2) is 48.7 Å². The van der Waals surface area contributed by atoms with Crippen molar-refractivity contribution in [3.05, 3.63) is 70.9 Å². The van der Waals surface area contributed by atoms with E-state index < -0.39 is 23.8 Å². The Balaban J connectivity index is 1.77. The molecule has 1 heterocycles. The summed E-state index contributed by atoms with van der Waals surface area (Å²) >= 11 is 0. The van der Waals surface area contributed by atoms with Gasteiger partial charge in [-0.1, -0.05) is 0 Å². The van der Waals surface area contributed by atoms with Crippen LogP contribution >= 0.6 is 0 Å². The molecule has 0 radical (unpaired) electrons. The van der Waals surface area contributed by atoms with Gasteiger partial charge < -0.3 is 24.8 Å². The van der Waals surface area contributed by atoms with E-state index in [1.54, 1.807) is 19.2 Å². The van der Waals surface area contributed by atoms with Crippen molar-refractivity contribution in [3.63, 3.8) is 0 Å². The van der Waals surface area contributed by atoms with Gasteiger partial charge in [-0.2, -0.15) is 0 Å². The number of carbonyl (C=O) groups is 4. The number of esters is 2. The highest BCUT2D eigenvalue weighted by Gasteiger charge is 2.19. The molecule has 1 aromatic heterocycles. The Kier molecular flexibility index (Phi) is 7.26. The third-order valence-electron chi connectivity index (χ3n) is 4.73. The predicted octanol–water partition coefficient (Wildman–Crippen LogP) is 2.51. The van der Waals surface area contributed by atoms with Crippen molar-refractivity contribution >= 4 is 35.1 Å². The number of aryl methyl sites for hydroxylation is 1. The second kappa shape index (κ2) is 10.3. The molecule has 2 aromatic carbocycles. The SMILES string of the molecule is COC(=O)c1ccc(C(=O)OC)c(NC(=O)c2ccc(NC(=O)c3cn(C)nc3OC)cc2)c1. The molecular formula is C23H22N4O7. The summed E-state index contributed by atoms with van der Waals surface area (Å²) < 4.78 is 16.0. The average Bonchev–Trinajstić information content (AvgIpc) is 3.24. The third kappa shape index (κ3) is 5.21.